The van der Waals surface area contributed by atoms with Gasteiger partial charge in [-0.15, -0.1) is 0 Å². The summed E-state index contributed by atoms with van der Waals surface area (Å²) in [5.74, 6) is 2.26. The molecule has 1 aliphatic heterocycles. The fourth-order valence-electron chi connectivity index (χ4n) is 3.90. The molecule has 2 unspecified atom stereocenters. The molecular weight excluding hydrogens is 312 g/mol. The smallest absolute Gasteiger partial charge is 0.140 e. The highest BCUT2D eigenvalue weighted by Gasteiger charge is 2.36. The van der Waals surface area contributed by atoms with Gasteiger partial charge in [0.2, 0.25) is 0 Å². The van der Waals surface area contributed by atoms with Crippen LogP contribution in [-0.2, 0) is 0 Å². The number of aliphatic hydroxyl groups is 1. The molecule has 0 spiro atoms. The molecule has 3 N–H and O–H groups in total. The van der Waals surface area contributed by atoms with Gasteiger partial charge in [-0.05, 0) is 44.7 Å². The lowest BCUT2D eigenvalue weighted by Crippen LogP contribution is -2.40. The van der Waals surface area contributed by atoms with Crippen LogP contribution >= 0.6 is 0 Å². The van der Waals surface area contributed by atoms with E-state index in [-0.39, 0.29) is 6.54 Å². The first-order valence-electron chi connectivity index (χ1n) is 9.19. The topological polar surface area (TPSA) is 75.3 Å². The second-order valence-electron chi connectivity index (χ2n) is 7.51. The van der Waals surface area contributed by atoms with Crippen LogP contribution in [0.15, 0.2) is 30.4 Å². The van der Waals surface area contributed by atoms with E-state index in [2.05, 4.69) is 42.2 Å². The van der Waals surface area contributed by atoms with Gasteiger partial charge in [0.05, 0.1) is 11.1 Å². The molecule has 0 radical (unpaired) electrons. The van der Waals surface area contributed by atoms with Crippen molar-refractivity contribution < 1.29 is 5.11 Å². The highest BCUT2D eigenvalue weighted by molar-refractivity contribution is 5.90. The van der Waals surface area contributed by atoms with Crippen LogP contribution in [0.25, 0.3) is 10.9 Å². The van der Waals surface area contributed by atoms with Crippen LogP contribution in [0.5, 0.6) is 0 Å². The van der Waals surface area contributed by atoms with Crippen molar-refractivity contribution >= 4 is 16.7 Å². The summed E-state index contributed by atoms with van der Waals surface area (Å²) in [6, 6.07) is 6.34. The first kappa shape index (κ1) is 16.5. The molecule has 1 aliphatic carbocycles. The van der Waals surface area contributed by atoms with Gasteiger partial charge in [-0.3, -0.25) is 0 Å². The number of nitrogens with zero attached hydrogens (tertiary/aromatic N) is 3. The van der Waals surface area contributed by atoms with E-state index in [9.17, 15) is 5.11 Å². The number of hydrogen-bond donors (Lipinski definition) is 2. The molecule has 2 aromatic rings. The molecule has 25 heavy (non-hydrogen) atoms. The van der Waals surface area contributed by atoms with Crippen molar-refractivity contribution in [2.24, 2.45) is 5.73 Å². The first-order chi connectivity index (χ1) is 12.1. The van der Waals surface area contributed by atoms with Crippen molar-refractivity contribution in [3.05, 3.63) is 41.7 Å². The Labute approximate surface area is 148 Å². The SMILES string of the molecule is Cc1ccc2nc(C3CC=CCC3)nc(N3CCC(O)(CN)C3)c2c1. The van der Waals surface area contributed by atoms with E-state index in [4.69, 9.17) is 15.7 Å². The summed E-state index contributed by atoms with van der Waals surface area (Å²) in [6.45, 7) is 3.68. The Morgan fingerprint density at radius 1 is 1.32 bits per heavy atom. The van der Waals surface area contributed by atoms with Crippen molar-refractivity contribution in [3.63, 3.8) is 0 Å². The summed E-state index contributed by atoms with van der Waals surface area (Å²) in [4.78, 5) is 12.0. The Bertz CT molecular complexity index is 819. The first-order valence-corrected chi connectivity index (χ1v) is 9.19. The van der Waals surface area contributed by atoms with Crippen molar-refractivity contribution in [2.45, 2.75) is 44.1 Å². The normalized spacial score (nSPS) is 26.5. The highest BCUT2D eigenvalue weighted by Crippen LogP contribution is 2.34. The minimum atomic E-state index is -0.811. The predicted octanol–water partition coefficient (Wildman–Crippen LogP) is 2.66. The van der Waals surface area contributed by atoms with Gasteiger partial charge in [-0.1, -0.05) is 23.8 Å². The molecule has 2 atom stereocenters. The molecule has 0 saturated carbocycles. The lowest BCUT2D eigenvalue weighted by atomic mass is 9.93. The molecule has 1 aromatic heterocycles. The van der Waals surface area contributed by atoms with E-state index in [1.165, 1.54) is 5.56 Å². The minimum Gasteiger partial charge on any atom is -0.387 e. The number of aryl methyl sites for hydroxylation is 1. The van der Waals surface area contributed by atoms with Crippen LogP contribution in [-0.4, -0.2) is 40.3 Å². The number of fused-ring (bicyclic) bond motifs is 1. The van der Waals surface area contributed by atoms with Gasteiger partial charge in [-0.2, -0.15) is 0 Å². The van der Waals surface area contributed by atoms with Gasteiger partial charge in [-0.25, -0.2) is 9.97 Å². The Hall–Kier alpha value is -1.98. The van der Waals surface area contributed by atoms with E-state index in [1.54, 1.807) is 0 Å². The molecule has 0 amide bonds. The van der Waals surface area contributed by atoms with E-state index >= 15 is 0 Å². The zero-order valence-corrected chi connectivity index (χ0v) is 14.8. The van der Waals surface area contributed by atoms with E-state index in [0.717, 1.165) is 48.4 Å². The number of benzene rings is 1. The molecule has 1 aromatic carbocycles. The molecule has 2 aliphatic rings. The van der Waals surface area contributed by atoms with Gasteiger partial charge in [0.25, 0.3) is 0 Å². The monoisotopic (exact) mass is 338 g/mol. The maximum atomic E-state index is 10.6. The molecule has 1 fully saturated rings. The summed E-state index contributed by atoms with van der Waals surface area (Å²) in [6.07, 6.45) is 8.35. The van der Waals surface area contributed by atoms with Crippen molar-refractivity contribution in [2.75, 3.05) is 24.5 Å². The minimum absolute atomic E-state index is 0.284. The fraction of sp³-hybridized carbons (Fsp3) is 0.500. The Morgan fingerprint density at radius 3 is 2.92 bits per heavy atom. The Kier molecular flexibility index (Phi) is 4.21. The highest BCUT2D eigenvalue weighted by atomic mass is 16.3. The van der Waals surface area contributed by atoms with Gasteiger partial charge in [0.1, 0.15) is 11.6 Å². The van der Waals surface area contributed by atoms with E-state index in [0.29, 0.717) is 18.9 Å². The van der Waals surface area contributed by atoms with Crippen LogP contribution in [0.1, 0.15) is 43.0 Å². The number of aromatic nitrogens is 2. The van der Waals surface area contributed by atoms with Crippen molar-refractivity contribution in [3.8, 4) is 0 Å². The number of β-amino-alcohol motifs (C(OH)–C–C–N with tert-alkyl or cyclic N) is 1. The van der Waals surface area contributed by atoms with Crippen molar-refractivity contribution in [1.29, 1.82) is 0 Å². The Morgan fingerprint density at radius 2 is 2.20 bits per heavy atom. The molecule has 5 heteroatoms. The third-order valence-corrected chi connectivity index (χ3v) is 5.49. The average molecular weight is 338 g/mol. The standard InChI is InChI=1S/C20H26N4O/c1-14-7-8-17-16(11-14)19(24-10-9-20(25,12-21)13-24)23-18(22-17)15-5-3-2-4-6-15/h2-3,7-8,11,15,25H,4-6,9-10,12-13,21H2,1H3. The lowest BCUT2D eigenvalue weighted by molar-refractivity contribution is 0.0725. The third-order valence-electron chi connectivity index (χ3n) is 5.49. The molecule has 5 nitrogen and oxygen atoms in total. The quantitative estimate of drug-likeness (QED) is 0.842. The van der Waals surface area contributed by atoms with Gasteiger partial charge in [0, 0.05) is 30.9 Å². The summed E-state index contributed by atoms with van der Waals surface area (Å²) in [7, 11) is 0. The van der Waals surface area contributed by atoms with Crippen LogP contribution < -0.4 is 10.6 Å². The van der Waals surface area contributed by atoms with Gasteiger partial charge in [0.15, 0.2) is 0 Å². The van der Waals surface area contributed by atoms with E-state index < -0.39 is 5.60 Å². The maximum absolute atomic E-state index is 10.6. The summed E-state index contributed by atoms with van der Waals surface area (Å²) in [5, 5.41) is 11.6. The van der Waals surface area contributed by atoms with Crippen molar-refractivity contribution in [1.82, 2.24) is 9.97 Å². The van der Waals surface area contributed by atoms with Crippen LogP contribution in [0.4, 0.5) is 5.82 Å². The number of allylic oxidation sites excluding steroid dienone is 2. The predicted molar refractivity (Wildman–Crippen MR) is 101 cm³/mol. The largest absolute Gasteiger partial charge is 0.387 e. The number of hydrogen-bond acceptors (Lipinski definition) is 5. The summed E-state index contributed by atoms with van der Waals surface area (Å²) in [5.41, 5.74) is 7.15. The average Bonchev–Trinajstić information content (AvgIpc) is 3.04. The molecule has 0 bridgehead atoms. The third kappa shape index (κ3) is 3.14. The fourth-order valence-corrected chi connectivity index (χ4v) is 3.90. The summed E-state index contributed by atoms with van der Waals surface area (Å²) >= 11 is 0. The molecule has 2 heterocycles. The number of nitrogens with two attached hydrogens (primary N) is 1. The van der Waals surface area contributed by atoms with Gasteiger partial charge < -0.3 is 15.7 Å². The number of anilines is 1. The summed E-state index contributed by atoms with van der Waals surface area (Å²) < 4.78 is 0. The number of rotatable bonds is 3. The lowest BCUT2D eigenvalue weighted by Gasteiger charge is -2.25. The van der Waals surface area contributed by atoms with E-state index in [1.807, 2.05) is 0 Å². The molecule has 132 valence electrons. The van der Waals surface area contributed by atoms with Crippen LogP contribution in [0.3, 0.4) is 0 Å². The second-order valence-corrected chi connectivity index (χ2v) is 7.51. The zero-order valence-electron chi connectivity index (χ0n) is 14.8. The second kappa shape index (κ2) is 6.39. The Balaban J connectivity index is 1.80. The molecular formula is C20H26N4O. The maximum Gasteiger partial charge on any atom is 0.140 e. The van der Waals surface area contributed by atoms with Crippen LogP contribution in [0.2, 0.25) is 0 Å². The van der Waals surface area contributed by atoms with Crippen LogP contribution in [0, 0.1) is 6.92 Å². The van der Waals surface area contributed by atoms with Gasteiger partial charge >= 0.3 is 0 Å². The molecule has 1 saturated heterocycles. The zero-order chi connectivity index (χ0) is 17.4. The molecule has 4 rings (SSSR count).